The van der Waals surface area contributed by atoms with Crippen LogP contribution >= 0.6 is 0 Å². The van der Waals surface area contributed by atoms with Crippen molar-refractivity contribution >= 4 is 23.3 Å². The van der Waals surface area contributed by atoms with Gasteiger partial charge in [-0.25, -0.2) is 4.79 Å². The number of nitrogens with zero attached hydrogens (tertiary/aromatic N) is 2. The number of benzene rings is 2. The van der Waals surface area contributed by atoms with Crippen molar-refractivity contribution in [3.63, 3.8) is 0 Å². The average Bonchev–Trinajstić information content (AvgIpc) is 2.65. The number of nitro benzene ring substituents is 1. The summed E-state index contributed by atoms with van der Waals surface area (Å²) in [6, 6.07) is 12.4. The molecular formula is C18H19N3O5. The summed E-state index contributed by atoms with van der Waals surface area (Å²) in [6.45, 7) is 0. The van der Waals surface area contributed by atoms with Crippen molar-refractivity contribution in [2.24, 2.45) is 0 Å². The summed E-state index contributed by atoms with van der Waals surface area (Å²) in [6.07, 6.45) is -1.15. The monoisotopic (exact) mass is 357 g/mol. The molecule has 0 heterocycles. The summed E-state index contributed by atoms with van der Waals surface area (Å²) in [5, 5.41) is 13.8. The second-order valence-corrected chi connectivity index (χ2v) is 5.67. The molecule has 0 aliphatic heterocycles. The number of non-ortho nitro benzene ring substituents is 1. The zero-order valence-corrected chi connectivity index (χ0v) is 14.6. The maximum atomic E-state index is 12.7. The summed E-state index contributed by atoms with van der Waals surface area (Å²) in [5.41, 5.74) is 0.612. The summed E-state index contributed by atoms with van der Waals surface area (Å²) in [4.78, 5) is 36.8. The van der Waals surface area contributed by atoms with E-state index >= 15 is 0 Å². The third-order valence-corrected chi connectivity index (χ3v) is 3.70. The predicted molar refractivity (Wildman–Crippen MR) is 95.9 cm³/mol. The summed E-state index contributed by atoms with van der Waals surface area (Å²) in [5.74, 6) is -1.25. The van der Waals surface area contributed by atoms with Gasteiger partial charge in [-0.05, 0) is 6.07 Å². The van der Waals surface area contributed by atoms with Crippen molar-refractivity contribution in [3.8, 4) is 0 Å². The van der Waals surface area contributed by atoms with Crippen LogP contribution in [0, 0.1) is 10.1 Å². The smallest absolute Gasteiger partial charge is 0.341 e. The van der Waals surface area contributed by atoms with Crippen LogP contribution in [0.1, 0.15) is 22.0 Å². The van der Waals surface area contributed by atoms with Gasteiger partial charge in [0.1, 0.15) is 0 Å². The van der Waals surface area contributed by atoms with Crippen LogP contribution in [0.5, 0.6) is 0 Å². The first-order chi connectivity index (χ1) is 12.3. The first-order valence-corrected chi connectivity index (χ1v) is 7.78. The molecule has 1 N–H and O–H groups in total. The second-order valence-electron chi connectivity index (χ2n) is 5.67. The highest BCUT2D eigenvalue weighted by molar-refractivity contribution is 5.98. The van der Waals surface area contributed by atoms with Crippen molar-refractivity contribution in [2.45, 2.75) is 6.10 Å². The molecule has 0 aliphatic carbocycles. The molecule has 8 heteroatoms. The first-order valence-electron chi connectivity index (χ1n) is 7.78. The van der Waals surface area contributed by atoms with Crippen molar-refractivity contribution in [1.82, 2.24) is 4.90 Å². The van der Waals surface area contributed by atoms with Gasteiger partial charge in [0.25, 0.3) is 11.6 Å². The molecule has 0 radical (unpaired) electrons. The molecular weight excluding hydrogens is 338 g/mol. The fourth-order valence-corrected chi connectivity index (χ4v) is 2.33. The van der Waals surface area contributed by atoms with Gasteiger partial charge >= 0.3 is 5.97 Å². The number of likely N-dealkylation sites (N-methyl/N-ethyl adjacent to an activating group) is 1. The number of amides is 1. The molecule has 1 amide bonds. The maximum Gasteiger partial charge on any atom is 0.341 e. The SMILES string of the molecule is CNc1ccc([N+](=O)[O-])cc1C(=O)O[C@@H](C(=O)N(C)C)c1ccccc1. The predicted octanol–water partition coefficient (Wildman–Crippen LogP) is 2.62. The van der Waals surface area contributed by atoms with E-state index in [1.807, 2.05) is 0 Å². The maximum absolute atomic E-state index is 12.7. The highest BCUT2D eigenvalue weighted by Crippen LogP contribution is 2.26. The number of nitro groups is 1. The summed E-state index contributed by atoms with van der Waals surface area (Å²) in [7, 11) is 4.69. The first kappa shape index (κ1) is 18.9. The lowest BCUT2D eigenvalue weighted by Gasteiger charge is -2.21. The van der Waals surface area contributed by atoms with E-state index in [0.29, 0.717) is 11.3 Å². The zero-order chi connectivity index (χ0) is 19.3. The number of carbonyl (C=O) groups is 2. The average molecular weight is 357 g/mol. The number of ether oxygens (including phenoxy) is 1. The van der Waals surface area contributed by atoms with E-state index in [9.17, 15) is 19.7 Å². The number of hydrogen-bond acceptors (Lipinski definition) is 6. The molecule has 1 atom stereocenters. The fourth-order valence-electron chi connectivity index (χ4n) is 2.33. The Kier molecular flexibility index (Phi) is 5.90. The Morgan fingerprint density at radius 2 is 1.81 bits per heavy atom. The zero-order valence-electron chi connectivity index (χ0n) is 14.6. The van der Waals surface area contributed by atoms with Gasteiger partial charge in [-0.2, -0.15) is 0 Å². The molecule has 0 aromatic heterocycles. The topological polar surface area (TPSA) is 102 Å². The van der Waals surface area contributed by atoms with Gasteiger partial charge in [0.2, 0.25) is 6.10 Å². The van der Waals surface area contributed by atoms with Crippen LogP contribution in [0.15, 0.2) is 48.5 Å². The lowest BCUT2D eigenvalue weighted by atomic mass is 10.1. The summed E-state index contributed by atoms with van der Waals surface area (Å²) >= 11 is 0. The number of hydrogen-bond donors (Lipinski definition) is 1. The van der Waals surface area contributed by atoms with Crippen LogP contribution in [0.2, 0.25) is 0 Å². The lowest BCUT2D eigenvalue weighted by molar-refractivity contribution is -0.384. The van der Waals surface area contributed by atoms with E-state index in [1.165, 1.54) is 17.0 Å². The molecule has 0 aliphatic rings. The largest absolute Gasteiger partial charge is 0.444 e. The Morgan fingerprint density at radius 3 is 2.35 bits per heavy atom. The third kappa shape index (κ3) is 4.15. The van der Waals surface area contributed by atoms with E-state index < -0.39 is 22.9 Å². The highest BCUT2D eigenvalue weighted by atomic mass is 16.6. The number of esters is 1. The van der Waals surface area contributed by atoms with E-state index in [0.717, 1.165) is 6.07 Å². The van der Waals surface area contributed by atoms with E-state index in [2.05, 4.69) is 5.32 Å². The van der Waals surface area contributed by atoms with E-state index in [-0.39, 0.29) is 11.3 Å². The van der Waals surface area contributed by atoms with Crippen molar-refractivity contribution in [3.05, 3.63) is 69.8 Å². The Bertz CT molecular complexity index is 821. The molecule has 0 saturated carbocycles. The van der Waals surface area contributed by atoms with Crippen LogP contribution in [-0.2, 0) is 9.53 Å². The Balaban J connectivity index is 2.40. The molecule has 0 saturated heterocycles. The molecule has 0 spiro atoms. The Labute approximate surface area is 150 Å². The quantitative estimate of drug-likeness (QED) is 0.484. The molecule has 0 bridgehead atoms. The molecule has 0 fully saturated rings. The Morgan fingerprint density at radius 1 is 1.15 bits per heavy atom. The molecule has 136 valence electrons. The van der Waals surface area contributed by atoms with Gasteiger partial charge in [-0.3, -0.25) is 14.9 Å². The van der Waals surface area contributed by atoms with E-state index in [4.69, 9.17) is 4.74 Å². The van der Waals surface area contributed by atoms with E-state index in [1.54, 1.807) is 51.5 Å². The van der Waals surface area contributed by atoms with Gasteiger partial charge in [-0.1, -0.05) is 30.3 Å². The fraction of sp³-hybridized carbons (Fsp3) is 0.222. The minimum absolute atomic E-state index is 0.0193. The van der Waals surface area contributed by atoms with Crippen molar-refractivity contribution in [1.29, 1.82) is 0 Å². The van der Waals surface area contributed by atoms with Gasteiger partial charge < -0.3 is 15.0 Å². The number of anilines is 1. The number of carbonyl (C=O) groups excluding carboxylic acids is 2. The molecule has 26 heavy (non-hydrogen) atoms. The highest BCUT2D eigenvalue weighted by Gasteiger charge is 2.28. The van der Waals surface area contributed by atoms with Gasteiger partial charge in [0, 0.05) is 44.5 Å². The van der Waals surface area contributed by atoms with Gasteiger partial charge in [-0.15, -0.1) is 0 Å². The normalized spacial score (nSPS) is 11.3. The number of nitrogens with one attached hydrogen (secondary N) is 1. The molecule has 8 nitrogen and oxygen atoms in total. The van der Waals surface area contributed by atoms with Crippen LogP contribution in [0.4, 0.5) is 11.4 Å². The number of rotatable bonds is 6. The van der Waals surface area contributed by atoms with Crippen molar-refractivity contribution in [2.75, 3.05) is 26.5 Å². The Hall–Kier alpha value is -3.42. The van der Waals surface area contributed by atoms with Crippen LogP contribution in [0.3, 0.4) is 0 Å². The molecule has 0 unspecified atom stereocenters. The minimum Gasteiger partial charge on any atom is -0.444 e. The van der Waals surface area contributed by atoms with Gasteiger partial charge in [0.15, 0.2) is 0 Å². The van der Waals surface area contributed by atoms with Crippen LogP contribution < -0.4 is 5.32 Å². The molecule has 2 aromatic carbocycles. The third-order valence-electron chi connectivity index (χ3n) is 3.70. The standard InChI is InChI=1S/C18H19N3O5/c1-19-15-10-9-13(21(24)25)11-14(15)18(23)26-16(17(22)20(2)3)12-7-5-4-6-8-12/h4-11,16,19H,1-3H3/t16-/m1/s1. The lowest BCUT2D eigenvalue weighted by Crippen LogP contribution is -2.31. The second kappa shape index (κ2) is 8.11. The molecule has 2 rings (SSSR count). The van der Waals surface area contributed by atoms with Crippen LogP contribution in [-0.4, -0.2) is 42.8 Å². The van der Waals surface area contributed by atoms with Crippen molar-refractivity contribution < 1.29 is 19.2 Å². The molecule has 2 aromatic rings. The summed E-state index contributed by atoms with van der Waals surface area (Å²) < 4.78 is 5.43. The van der Waals surface area contributed by atoms with Crippen LogP contribution in [0.25, 0.3) is 0 Å². The van der Waals surface area contributed by atoms with Gasteiger partial charge in [0.05, 0.1) is 10.5 Å². The minimum atomic E-state index is -1.15.